The van der Waals surface area contributed by atoms with Crippen LogP contribution in [0.15, 0.2) is 24.3 Å². The number of carbonyl (C=O) groups excluding carboxylic acids is 1. The second kappa shape index (κ2) is 9.15. The van der Waals surface area contributed by atoms with Gasteiger partial charge in [0.05, 0.1) is 37.3 Å². The first-order valence-corrected chi connectivity index (χ1v) is 11.0. The van der Waals surface area contributed by atoms with E-state index in [1.165, 1.54) is 0 Å². The van der Waals surface area contributed by atoms with Gasteiger partial charge in [-0.3, -0.25) is 9.69 Å². The Kier molecular flexibility index (Phi) is 6.54. The molecule has 1 amide bonds. The first-order chi connectivity index (χ1) is 14.5. The average Bonchev–Trinajstić information content (AvgIpc) is 3.09. The number of aliphatic hydroxyl groups excluding tert-OH is 2. The molecule has 164 valence electrons. The zero-order valence-corrected chi connectivity index (χ0v) is 18.0. The molecule has 2 saturated heterocycles. The predicted octanol–water partition coefficient (Wildman–Crippen LogP) is -0.383. The maximum atomic E-state index is 13.1. The molecule has 4 rings (SSSR count). The summed E-state index contributed by atoms with van der Waals surface area (Å²) in [4.78, 5) is 17.3. The molecule has 1 aromatic rings. The fourth-order valence-electron chi connectivity index (χ4n) is 4.64. The number of hydrogen-bond donors (Lipinski definition) is 4. The molecule has 1 aromatic carbocycles. The SMILES string of the molecule is Cc1ccc(N2C(=S)N[C@H]3[C@@H](O)[C@H](O)C[C@@H](C(=O)NCCN4CCOCC4)[C@H]32)cc1. The zero-order valence-electron chi connectivity index (χ0n) is 17.2. The minimum atomic E-state index is -0.985. The Morgan fingerprint density at radius 3 is 2.67 bits per heavy atom. The van der Waals surface area contributed by atoms with Gasteiger partial charge in [0.1, 0.15) is 6.10 Å². The molecule has 1 saturated carbocycles. The summed E-state index contributed by atoms with van der Waals surface area (Å²) in [6, 6.07) is 7.07. The van der Waals surface area contributed by atoms with Crippen LogP contribution in [-0.2, 0) is 9.53 Å². The molecule has 3 aliphatic rings. The molecule has 0 aromatic heterocycles. The molecule has 0 bridgehead atoms. The van der Waals surface area contributed by atoms with Gasteiger partial charge < -0.3 is 30.5 Å². The number of hydrogen-bond acceptors (Lipinski definition) is 6. The Hall–Kier alpha value is -1.78. The number of rotatable bonds is 5. The van der Waals surface area contributed by atoms with E-state index in [4.69, 9.17) is 17.0 Å². The molecular weight excluding hydrogens is 404 g/mol. The third kappa shape index (κ3) is 4.31. The van der Waals surface area contributed by atoms with E-state index >= 15 is 0 Å². The van der Waals surface area contributed by atoms with Crippen LogP contribution < -0.4 is 15.5 Å². The van der Waals surface area contributed by atoms with E-state index in [1.54, 1.807) is 0 Å². The highest BCUT2D eigenvalue weighted by Crippen LogP contribution is 2.36. The fraction of sp³-hybridized carbons (Fsp3) is 0.619. The lowest BCUT2D eigenvalue weighted by atomic mass is 9.77. The molecule has 2 aliphatic heterocycles. The van der Waals surface area contributed by atoms with Gasteiger partial charge in [0, 0.05) is 31.9 Å². The van der Waals surface area contributed by atoms with Gasteiger partial charge in [-0.25, -0.2) is 0 Å². The van der Waals surface area contributed by atoms with Crippen LogP contribution in [0.1, 0.15) is 12.0 Å². The van der Waals surface area contributed by atoms with Crippen molar-refractivity contribution >= 4 is 28.9 Å². The van der Waals surface area contributed by atoms with E-state index in [-0.39, 0.29) is 18.4 Å². The number of thiocarbonyl (C=S) groups is 1. The summed E-state index contributed by atoms with van der Waals surface area (Å²) in [5, 5.41) is 27.6. The van der Waals surface area contributed by atoms with Crippen LogP contribution in [0, 0.1) is 12.8 Å². The quantitative estimate of drug-likeness (QED) is 0.466. The van der Waals surface area contributed by atoms with Crippen LogP contribution in [0.4, 0.5) is 5.69 Å². The lowest BCUT2D eigenvalue weighted by molar-refractivity contribution is -0.131. The number of fused-ring (bicyclic) bond motifs is 1. The molecule has 4 N–H and O–H groups in total. The highest BCUT2D eigenvalue weighted by atomic mass is 32.1. The minimum absolute atomic E-state index is 0.118. The van der Waals surface area contributed by atoms with E-state index in [0.29, 0.717) is 11.7 Å². The highest BCUT2D eigenvalue weighted by molar-refractivity contribution is 7.80. The maximum absolute atomic E-state index is 13.1. The maximum Gasteiger partial charge on any atom is 0.225 e. The number of nitrogens with zero attached hydrogens (tertiary/aromatic N) is 2. The number of carbonyl (C=O) groups is 1. The van der Waals surface area contributed by atoms with Crippen molar-refractivity contribution in [3.63, 3.8) is 0 Å². The summed E-state index contributed by atoms with van der Waals surface area (Å²) in [6.45, 7) is 6.49. The summed E-state index contributed by atoms with van der Waals surface area (Å²) >= 11 is 5.55. The number of aryl methyl sites for hydroxylation is 1. The van der Waals surface area contributed by atoms with E-state index in [2.05, 4.69) is 15.5 Å². The largest absolute Gasteiger partial charge is 0.390 e. The van der Waals surface area contributed by atoms with Crippen LogP contribution in [-0.4, -0.2) is 89.8 Å². The van der Waals surface area contributed by atoms with Gasteiger partial charge in [-0.1, -0.05) is 17.7 Å². The van der Waals surface area contributed by atoms with Gasteiger partial charge in [0.25, 0.3) is 0 Å². The van der Waals surface area contributed by atoms with Crippen molar-refractivity contribution in [3.05, 3.63) is 29.8 Å². The molecule has 0 unspecified atom stereocenters. The topological polar surface area (TPSA) is 97.3 Å². The van der Waals surface area contributed by atoms with E-state index in [1.807, 2.05) is 36.1 Å². The lowest BCUT2D eigenvalue weighted by Gasteiger charge is -2.41. The van der Waals surface area contributed by atoms with Crippen molar-refractivity contribution in [2.24, 2.45) is 5.92 Å². The first-order valence-electron chi connectivity index (χ1n) is 10.6. The van der Waals surface area contributed by atoms with Gasteiger partial charge in [0.2, 0.25) is 5.91 Å². The van der Waals surface area contributed by atoms with E-state index < -0.39 is 24.2 Å². The lowest BCUT2D eigenvalue weighted by Crippen LogP contribution is -2.61. The van der Waals surface area contributed by atoms with Crippen LogP contribution in [0.25, 0.3) is 0 Å². The Morgan fingerprint density at radius 2 is 1.97 bits per heavy atom. The van der Waals surface area contributed by atoms with Crippen LogP contribution in [0.2, 0.25) is 0 Å². The van der Waals surface area contributed by atoms with E-state index in [9.17, 15) is 15.0 Å². The van der Waals surface area contributed by atoms with E-state index in [0.717, 1.165) is 44.1 Å². The molecule has 0 radical (unpaired) electrons. The molecule has 9 heteroatoms. The first kappa shape index (κ1) is 21.5. The smallest absolute Gasteiger partial charge is 0.225 e. The van der Waals surface area contributed by atoms with Gasteiger partial charge >= 0.3 is 0 Å². The Bertz CT molecular complexity index is 771. The standard InChI is InChI=1S/C21H30N4O4S/c1-13-2-4-14(5-3-13)25-18-15(12-16(26)19(27)17(18)23-21(25)30)20(28)22-6-7-24-8-10-29-11-9-24/h2-5,15-19,26-27H,6-12H2,1H3,(H,22,28)(H,23,30)/t15-,16-,17-,18-,19+/m1/s1. The van der Waals surface area contributed by atoms with Crippen LogP contribution >= 0.6 is 12.2 Å². The molecular formula is C21H30N4O4S. The second-order valence-electron chi connectivity index (χ2n) is 8.32. The number of ether oxygens (including phenoxy) is 1. The minimum Gasteiger partial charge on any atom is -0.390 e. The third-order valence-electron chi connectivity index (χ3n) is 6.32. The number of aliphatic hydroxyl groups is 2. The van der Waals surface area contributed by atoms with Crippen molar-refractivity contribution in [1.82, 2.24) is 15.5 Å². The van der Waals surface area contributed by atoms with Crippen molar-refractivity contribution in [2.75, 3.05) is 44.3 Å². The molecule has 0 spiro atoms. The second-order valence-corrected chi connectivity index (χ2v) is 8.70. The highest BCUT2D eigenvalue weighted by Gasteiger charge is 2.53. The van der Waals surface area contributed by atoms with Crippen LogP contribution in [0.5, 0.6) is 0 Å². The van der Waals surface area contributed by atoms with Crippen molar-refractivity contribution < 1.29 is 19.7 Å². The van der Waals surface area contributed by atoms with Crippen molar-refractivity contribution in [2.45, 2.75) is 37.6 Å². The summed E-state index contributed by atoms with van der Waals surface area (Å²) < 4.78 is 5.36. The fourth-order valence-corrected chi connectivity index (χ4v) is 5.00. The molecule has 3 fully saturated rings. The molecule has 1 aliphatic carbocycles. The monoisotopic (exact) mass is 434 g/mol. The Labute approximate surface area is 182 Å². The number of anilines is 1. The van der Waals surface area contributed by atoms with Gasteiger partial charge in [-0.15, -0.1) is 0 Å². The third-order valence-corrected chi connectivity index (χ3v) is 6.64. The summed E-state index contributed by atoms with van der Waals surface area (Å²) in [6.07, 6.45) is -1.77. The summed E-state index contributed by atoms with van der Waals surface area (Å²) in [5.74, 6) is -0.611. The van der Waals surface area contributed by atoms with Gasteiger partial charge in [-0.2, -0.15) is 0 Å². The average molecular weight is 435 g/mol. The molecule has 30 heavy (non-hydrogen) atoms. The van der Waals surface area contributed by atoms with Gasteiger partial charge in [-0.05, 0) is 37.7 Å². The van der Waals surface area contributed by atoms with Crippen LogP contribution in [0.3, 0.4) is 0 Å². The predicted molar refractivity (Wildman–Crippen MR) is 117 cm³/mol. The Balaban J connectivity index is 1.49. The molecule has 5 atom stereocenters. The zero-order chi connectivity index (χ0) is 21.3. The molecule has 8 nitrogen and oxygen atoms in total. The number of benzene rings is 1. The summed E-state index contributed by atoms with van der Waals surface area (Å²) in [5.41, 5.74) is 2.00. The van der Waals surface area contributed by atoms with Crippen molar-refractivity contribution in [3.8, 4) is 0 Å². The van der Waals surface area contributed by atoms with Gasteiger partial charge in [0.15, 0.2) is 5.11 Å². The normalized spacial score (nSPS) is 31.9. The number of morpholine rings is 1. The molecule has 2 heterocycles. The number of nitrogens with one attached hydrogen (secondary N) is 2. The Morgan fingerprint density at radius 1 is 1.27 bits per heavy atom. The van der Waals surface area contributed by atoms with Crippen molar-refractivity contribution in [1.29, 1.82) is 0 Å². The number of amides is 1. The summed E-state index contributed by atoms with van der Waals surface area (Å²) in [7, 11) is 0.